The smallest absolute Gasteiger partial charge is 0.226 e. The highest BCUT2D eigenvalue weighted by atomic mass is 35.5. The predicted octanol–water partition coefficient (Wildman–Crippen LogP) is 4.34. The molecule has 0 aliphatic carbocycles. The molecule has 2 amide bonds. The Balaban J connectivity index is 2.07. The number of carbonyl (C=O) groups is 2. The van der Waals surface area contributed by atoms with Crippen LogP contribution in [0, 0.1) is 13.8 Å². The molecule has 2 rings (SSSR count). The first-order valence-electron chi connectivity index (χ1n) is 7.78. The average molecular weight is 345 g/mol. The van der Waals surface area contributed by atoms with E-state index in [0.29, 0.717) is 11.6 Å². The monoisotopic (exact) mass is 344 g/mol. The molecular formula is C19H21ClN2O2. The van der Waals surface area contributed by atoms with Crippen LogP contribution in [-0.2, 0) is 9.59 Å². The lowest BCUT2D eigenvalue weighted by atomic mass is 10.1. The Hall–Kier alpha value is -2.33. The number of halogens is 1. The molecule has 2 aromatic rings. The van der Waals surface area contributed by atoms with Gasteiger partial charge in [-0.05, 0) is 43.2 Å². The van der Waals surface area contributed by atoms with Crippen LogP contribution in [0.2, 0.25) is 5.02 Å². The van der Waals surface area contributed by atoms with Gasteiger partial charge in [0.05, 0.1) is 0 Å². The van der Waals surface area contributed by atoms with E-state index < -0.39 is 0 Å². The predicted molar refractivity (Wildman–Crippen MR) is 98.6 cm³/mol. The topological polar surface area (TPSA) is 49.4 Å². The maximum Gasteiger partial charge on any atom is 0.226 e. The first-order chi connectivity index (χ1) is 11.4. The van der Waals surface area contributed by atoms with Crippen molar-refractivity contribution in [3.63, 3.8) is 0 Å². The fourth-order valence-corrected chi connectivity index (χ4v) is 2.63. The molecule has 0 atom stereocenters. The van der Waals surface area contributed by atoms with Crippen molar-refractivity contribution >= 4 is 34.8 Å². The van der Waals surface area contributed by atoms with Crippen LogP contribution in [0.5, 0.6) is 0 Å². The summed E-state index contributed by atoms with van der Waals surface area (Å²) in [6.07, 6.45) is 0.208. The summed E-state index contributed by atoms with van der Waals surface area (Å²) in [7, 11) is 0. The maximum absolute atomic E-state index is 12.2. The van der Waals surface area contributed by atoms with Crippen LogP contribution in [-0.4, -0.2) is 18.4 Å². The number of hydrogen-bond donors (Lipinski definition) is 1. The fourth-order valence-electron chi connectivity index (χ4n) is 2.46. The minimum absolute atomic E-state index is 0.121. The Bertz CT molecular complexity index is 759. The molecule has 0 aliphatic heterocycles. The Morgan fingerprint density at radius 1 is 1.08 bits per heavy atom. The largest absolute Gasteiger partial charge is 0.326 e. The van der Waals surface area contributed by atoms with Crippen LogP contribution in [0.1, 0.15) is 24.5 Å². The summed E-state index contributed by atoms with van der Waals surface area (Å²) < 4.78 is 0. The zero-order chi connectivity index (χ0) is 17.7. The minimum Gasteiger partial charge on any atom is -0.326 e. The van der Waals surface area contributed by atoms with Crippen LogP contribution < -0.4 is 10.2 Å². The molecule has 5 heteroatoms. The molecule has 0 saturated heterocycles. The van der Waals surface area contributed by atoms with Gasteiger partial charge in [0.2, 0.25) is 11.8 Å². The minimum atomic E-state index is -0.129. The van der Waals surface area contributed by atoms with Crippen LogP contribution in [0.15, 0.2) is 42.5 Å². The number of anilines is 2. The van der Waals surface area contributed by atoms with Crippen molar-refractivity contribution in [2.24, 2.45) is 0 Å². The second kappa shape index (κ2) is 7.97. The summed E-state index contributed by atoms with van der Waals surface area (Å²) in [5.74, 6) is -0.251. The molecule has 0 heterocycles. The van der Waals surface area contributed by atoms with Gasteiger partial charge in [-0.25, -0.2) is 0 Å². The van der Waals surface area contributed by atoms with Gasteiger partial charge in [-0.2, -0.15) is 0 Å². The Kier molecular flexibility index (Phi) is 5.99. The molecule has 0 saturated carbocycles. The normalized spacial score (nSPS) is 10.3. The number of nitrogens with zero attached hydrogens (tertiary/aromatic N) is 1. The summed E-state index contributed by atoms with van der Waals surface area (Å²) >= 11 is 6.04. The van der Waals surface area contributed by atoms with Gasteiger partial charge >= 0.3 is 0 Å². The third-order valence-electron chi connectivity index (χ3n) is 3.82. The summed E-state index contributed by atoms with van der Waals surface area (Å²) in [6.45, 7) is 5.63. The summed E-state index contributed by atoms with van der Waals surface area (Å²) in [6, 6.07) is 13.0. The third-order valence-corrected chi connectivity index (χ3v) is 4.06. The highest BCUT2D eigenvalue weighted by Gasteiger charge is 2.16. The fraction of sp³-hybridized carbons (Fsp3) is 0.263. The number of carbonyl (C=O) groups excluding carboxylic acids is 2. The van der Waals surface area contributed by atoms with E-state index in [1.165, 1.54) is 6.92 Å². The van der Waals surface area contributed by atoms with Gasteiger partial charge in [-0.15, -0.1) is 0 Å². The number of nitrogens with one attached hydrogen (secondary N) is 1. The van der Waals surface area contributed by atoms with E-state index in [-0.39, 0.29) is 18.2 Å². The van der Waals surface area contributed by atoms with Crippen molar-refractivity contribution in [1.29, 1.82) is 0 Å². The van der Waals surface area contributed by atoms with Crippen molar-refractivity contribution < 1.29 is 9.59 Å². The highest BCUT2D eigenvalue weighted by molar-refractivity contribution is 6.31. The highest BCUT2D eigenvalue weighted by Crippen LogP contribution is 2.25. The van der Waals surface area contributed by atoms with Gasteiger partial charge in [0, 0.05) is 36.3 Å². The molecule has 0 aromatic heterocycles. The number of rotatable bonds is 5. The van der Waals surface area contributed by atoms with E-state index in [9.17, 15) is 9.59 Å². The molecule has 1 N–H and O–H groups in total. The van der Waals surface area contributed by atoms with Crippen LogP contribution in [0.25, 0.3) is 0 Å². The zero-order valence-corrected chi connectivity index (χ0v) is 14.9. The lowest BCUT2D eigenvalue weighted by Gasteiger charge is -2.23. The molecule has 0 fully saturated rings. The first-order valence-corrected chi connectivity index (χ1v) is 8.16. The number of hydrogen-bond acceptors (Lipinski definition) is 2. The van der Waals surface area contributed by atoms with E-state index >= 15 is 0 Å². The molecule has 2 aromatic carbocycles. The Labute approximate surface area is 147 Å². The quantitative estimate of drug-likeness (QED) is 0.877. The van der Waals surface area contributed by atoms with Gasteiger partial charge < -0.3 is 10.2 Å². The van der Waals surface area contributed by atoms with E-state index in [1.807, 2.05) is 44.2 Å². The molecular weight excluding hydrogens is 324 g/mol. The zero-order valence-electron chi connectivity index (χ0n) is 14.1. The summed E-state index contributed by atoms with van der Waals surface area (Å²) in [4.78, 5) is 25.8. The van der Waals surface area contributed by atoms with Crippen LogP contribution >= 0.6 is 11.6 Å². The summed E-state index contributed by atoms with van der Waals surface area (Å²) in [5.41, 5.74) is 3.46. The average Bonchev–Trinajstić information content (AvgIpc) is 2.52. The van der Waals surface area contributed by atoms with E-state index in [1.54, 1.807) is 17.0 Å². The van der Waals surface area contributed by atoms with Gasteiger partial charge in [0.15, 0.2) is 0 Å². The second-order valence-electron chi connectivity index (χ2n) is 5.71. The number of amides is 2. The van der Waals surface area contributed by atoms with E-state index in [0.717, 1.165) is 22.5 Å². The van der Waals surface area contributed by atoms with Crippen molar-refractivity contribution in [3.8, 4) is 0 Å². The molecule has 0 radical (unpaired) electrons. The third kappa shape index (κ3) is 4.59. The molecule has 0 aliphatic rings. The SMILES string of the molecule is CC(=O)N(CCC(=O)Nc1ccccc1C)c1cc(Cl)ccc1C. The maximum atomic E-state index is 12.2. The molecule has 24 heavy (non-hydrogen) atoms. The van der Waals surface area contributed by atoms with Crippen molar-refractivity contribution in [3.05, 3.63) is 58.6 Å². The lowest BCUT2D eigenvalue weighted by Crippen LogP contribution is -2.32. The second-order valence-corrected chi connectivity index (χ2v) is 6.15. The standard InChI is InChI=1S/C19H21ClN2O2/c1-13-6-4-5-7-17(13)21-19(24)10-11-22(15(3)23)18-12-16(20)9-8-14(18)2/h4-9,12H,10-11H2,1-3H3,(H,21,24). The van der Waals surface area contributed by atoms with Crippen LogP contribution in [0.3, 0.4) is 0 Å². The van der Waals surface area contributed by atoms with Gasteiger partial charge in [0.1, 0.15) is 0 Å². The number of aryl methyl sites for hydroxylation is 2. The van der Waals surface area contributed by atoms with E-state index in [4.69, 9.17) is 11.6 Å². The first kappa shape index (κ1) is 18.0. The van der Waals surface area contributed by atoms with Crippen LogP contribution in [0.4, 0.5) is 11.4 Å². The number of benzene rings is 2. The molecule has 4 nitrogen and oxygen atoms in total. The molecule has 0 unspecified atom stereocenters. The Morgan fingerprint density at radius 3 is 2.46 bits per heavy atom. The molecule has 126 valence electrons. The Morgan fingerprint density at radius 2 is 1.79 bits per heavy atom. The van der Waals surface area contributed by atoms with Gasteiger partial charge in [0.25, 0.3) is 0 Å². The number of para-hydroxylation sites is 1. The molecule has 0 bridgehead atoms. The lowest BCUT2D eigenvalue weighted by molar-refractivity contribution is -0.117. The van der Waals surface area contributed by atoms with Crippen molar-refractivity contribution in [2.75, 3.05) is 16.8 Å². The summed E-state index contributed by atoms with van der Waals surface area (Å²) in [5, 5.41) is 3.44. The van der Waals surface area contributed by atoms with E-state index in [2.05, 4.69) is 5.32 Å². The van der Waals surface area contributed by atoms with Gasteiger partial charge in [-0.1, -0.05) is 35.9 Å². The molecule has 0 spiro atoms. The van der Waals surface area contributed by atoms with Crippen molar-refractivity contribution in [2.45, 2.75) is 27.2 Å². The van der Waals surface area contributed by atoms with Crippen molar-refractivity contribution in [1.82, 2.24) is 0 Å². The van der Waals surface area contributed by atoms with Gasteiger partial charge in [-0.3, -0.25) is 9.59 Å².